The van der Waals surface area contributed by atoms with E-state index < -0.39 is 0 Å². The Bertz CT molecular complexity index is 1060. The minimum Gasteiger partial charge on any atom is -0.376 e. The third-order valence-corrected chi connectivity index (χ3v) is 6.74. The summed E-state index contributed by atoms with van der Waals surface area (Å²) in [4.78, 5) is 29.6. The summed E-state index contributed by atoms with van der Waals surface area (Å²) >= 11 is 0. The maximum Gasteiger partial charge on any atom is 0.152 e. The van der Waals surface area contributed by atoms with Crippen LogP contribution in [0.1, 0.15) is 38.5 Å². The molecule has 0 unspecified atom stereocenters. The van der Waals surface area contributed by atoms with Crippen LogP contribution >= 0.6 is 0 Å². The molecule has 2 saturated heterocycles. The summed E-state index contributed by atoms with van der Waals surface area (Å²) in [5.74, 6) is 1.61. The van der Waals surface area contributed by atoms with E-state index in [0.29, 0.717) is 18.9 Å². The molecule has 32 heavy (non-hydrogen) atoms. The van der Waals surface area contributed by atoms with E-state index in [1.807, 2.05) is 18.3 Å². The molecule has 0 saturated carbocycles. The van der Waals surface area contributed by atoms with Crippen LogP contribution in [0.15, 0.2) is 42.9 Å². The van der Waals surface area contributed by atoms with Crippen molar-refractivity contribution in [3.8, 4) is 0 Å². The van der Waals surface area contributed by atoms with Crippen molar-refractivity contribution in [1.82, 2.24) is 15.0 Å². The molecule has 5 rings (SSSR count). The molecule has 0 aliphatic carbocycles. The van der Waals surface area contributed by atoms with Crippen LogP contribution in [0.25, 0.3) is 11.0 Å². The van der Waals surface area contributed by atoms with Crippen molar-refractivity contribution in [2.45, 2.75) is 38.5 Å². The van der Waals surface area contributed by atoms with Gasteiger partial charge in [-0.05, 0) is 56.2 Å². The SMILES string of the molecule is O=C(CNc1ccccc1N1CCCCC1)C[C@@H]1CCCN(c2ncnc3[nH]ccc23)C1. The van der Waals surface area contributed by atoms with E-state index in [0.717, 1.165) is 61.6 Å². The lowest BCUT2D eigenvalue weighted by molar-refractivity contribution is -0.118. The highest BCUT2D eigenvalue weighted by molar-refractivity contribution is 5.87. The topological polar surface area (TPSA) is 77.2 Å². The van der Waals surface area contributed by atoms with Crippen molar-refractivity contribution in [3.05, 3.63) is 42.9 Å². The molecule has 1 aromatic carbocycles. The average Bonchev–Trinajstić information content (AvgIpc) is 3.33. The molecule has 0 spiro atoms. The maximum absolute atomic E-state index is 12.9. The van der Waals surface area contributed by atoms with Gasteiger partial charge >= 0.3 is 0 Å². The molecule has 2 N–H and O–H groups in total. The van der Waals surface area contributed by atoms with Crippen LogP contribution in [-0.4, -0.2) is 53.5 Å². The van der Waals surface area contributed by atoms with Crippen molar-refractivity contribution in [1.29, 1.82) is 0 Å². The first-order valence-corrected chi connectivity index (χ1v) is 11.9. The van der Waals surface area contributed by atoms with Gasteiger partial charge in [-0.1, -0.05) is 12.1 Å². The number of nitrogens with zero attached hydrogens (tertiary/aromatic N) is 4. The molecule has 3 aromatic rings. The van der Waals surface area contributed by atoms with Gasteiger partial charge in [-0.15, -0.1) is 0 Å². The fourth-order valence-corrected chi connectivity index (χ4v) is 5.16. The lowest BCUT2D eigenvalue weighted by Gasteiger charge is -2.33. The van der Waals surface area contributed by atoms with Gasteiger partial charge in [0.05, 0.1) is 23.3 Å². The van der Waals surface area contributed by atoms with E-state index in [4.69, 9.17) is 0 Å². The number of anilines is 3. The van der Waals surface area contributed by atoms with E-state index in [2.05, 4.69) is 48.3 Å². The number of rotatable bonds is 7. The smallest absolute Gasteiger partial charge is 0.152 e. The van der Waals surface area contributed by atoms with Crippen LogP contribution in [0.3, 0.4) is 0 Å². The van der Waals surface area contributed by atoms with Gasteiger partial charge in [0.1, 0.15) is 17.8 Å². The van der Waals surface area contributed by atoms with E-state index in [1.165, 1.54) is 24.9 Å². The van der Waals surface area contributed by atoms with Gasteiger partial charge in [-0.2, -0.15) is 0 Å². The Kier molecular flexibility index (Phi) is 6.23. The number of carbonyl (C=O) groups is 1. The first-order chi connectivity index (χ1) is 15.8. The second-order valence-electron chi connectivity index (χ2n) is 9.05. The van der Waals surface area contributed by atoms with Gasteiger partial charge in [-0.25, -0.2) is 9.97 Å². The summed E-state index contributed by atoms with van der Waals surface area (Å²) in [7, 11) is 0. The van der Waals surface area contributed by atoms with Crippen molar-refractivity contribution in [2.24, 2.45) is 5.92 Å². The Hall–Kier alpha value is -3.09. The monoisotopic (exact) mass is 432 g/mol. The van der Waals surface area contributed by atoms with Crippen molar-refractivity contribution in [3.63, 3.8) is 0 Å². The molecular weight excluding hydrogens is 400 g/mol. The molecule has 168 valence electrons. The number of piperidine rings is 2. The summed E-state index contributed by atoms with van der Waals surface area (Å²) in [5.41, 5.74) is 3.16. The number of H-pyrrole nitrogens is 1. The minimum atomic E-state index is 0.278. The normalized spacial score (nSPS) is 19.3. The summed E-state index contributed by atoms with van der Waals surface area (Å²) in [6.45, 7) is 4.43. The first-order valence-electron chi connectivity index (χ1n) is 11.9. The van der Waals surface area contributed by atoms with E-state index in [-0.39, 0.29) is 5.78 Å². The highest BCUT2D eigenvalue weighted by Crippen LogP contribution is 2.30. The van der Waals surface area contributed by atoms with Crippen LogP contribution in [0.2, 0.25) is 0 Å². The quantitative estimate of drug-likeness (QED) is 0.582. The number of aromatic nitrogens is 3. The molecule has 2 aliphatic rings. The zero-order chi connectivity index (χ0) is 21.8. The van der Waals surface area contributed by atoms with E-state index >= 15 is 0 Å². The Morgan fingerprint density at radius 2 is 1.88 bits per heavy atom. The van der Waals surface area contributed by atoms with Crippen LogP contribution in [-0.2, 0) is 4.79 Å². The molecular formula is C25H32N6O. The third-order valence-electron chi connectivity index (χ3n) is 6.74. The molecule has 2 aromatic heterocycles. The Balaban J connectivity index is 1.18. The second kappa shape index (κ2) is 9.59. The minimum absolute atomic E-state index is 0.278. The number of benzene rings is 1. The summed E-state index contributed by atoms with van der Waals surface area (Å²) in [6, 6.07) is 10.4. The molecule has 1 atom stereocenters. The average molecular weight is 433 g/mol. The van der Waals surface area contributed by atoms with Gasteiger partial charge in [-0.3, -0.25) is 4.79 Å². The van der Waals surface area contributed by atoms with E-state index in [1.54, 1.807) is 6.33 Å². The predicted molar refractivity (Wildman–Crippen MR) is 129 cm³/mol. The number of carbonyl (C=O) groups excluding carboxylic acids is 1. The number of hydrogen-bond acceptors (Lipinski definition) is 6. The standard InChI is InChI=1S/C25H32N6O/c32-20(16-27-22-8-2-3-9-23(22)30-12-4-1-5-13-30)15-19-7-6-14-31(17-19)25-21-10-11-26-24(21)28-18-29-25/h2-3,8-11,18-19,27H,1,4-7,12-17H2,(H,26,28,29)/t19-/m0/s1. The van der Waals surface area contributed by atoms with Gasteiger partial charge in [0, 0.05) is 38.8 Å². The summed E-state index contributed by atoms with van der Waals surface area (Å²) in [6.07, 6.45) is 10.1. The number of para-hydroxylation sites is 2. The number of hydrogen-bond donors (Lipinski definition) is 2. The number of aromatic amines is 1. The Morgan fingerprint density at radius 1 is 1.03 bits per heavy atom. The molecule has 0 radical (unpaired) electrons. The van der Waals surface area contributed by atoms with Crippen LogP contribution in [0.4, 0.5) is 17.2 Å². The number of Topliss-reactive ketones (excluding diaryl/α,β-unsaturated/α-hetero) is 1. The molecule has 4 heterocycles. The van der Waals surface area contributed by atoms with Crippen molar-refractivity contribution in [2.75, 3.05) is 47.8 Å². The van der Waals surface area contributed by atoms with Gasteiger partial charge in [0.2, 0.25) is 0 Å². The Labute approximate surface area is 189 Å². The first kappa shape index (κ1) is 20.8. The van der Waals surface area contributed by atoms with Gasteiger partial charge < -0.3 is 20.1 Å². The van der Waals surface area contributed by atoms with Crippen molar-refractivity contribution >= 4 is 34.0 Å². The lowest BCUT2D eigenvalue weighted by Crippen LogP contribution is -2.37. The Morgan fingerprint density at radius 3 is 2.78 bits per heavy atom. The highest BCUT2D eigenvalue weighted by Gasteiger charge is 2.24. The number of ketones is 1. The van der Waals surface area contributed by atoms with E-state index in [9.17, 15) is 4.79 Å². The van der Waals surface area contributed by atoms with Gasteiger partial charge in [0.15, 0.2) is 5.78 Å². The van der Waals surface area contributed by atoms with Crippen LogP contribution < -0.4 is 15.1 Å². The fraction of sp³-hybridized carbons (Fsp3) is 0.480. The summed E-state index contributed by atoms with van der Waals surface area (Å²) < 4.78 is 0. The second-order valence-corrected chi connectivity index (χ2v) is 9.05. The molecule has 0 bridgehead atoms. The van der Waals surface area contributed by atoms with Crippen LogP contribution in [0, 0.1) is 5.92 Å². The van der Waals surface area contributed by atoms with Crippen LogP contribution in [0.5, 0.6) is 0 Å². The number of fused-ring (bicyclic) bond motifs is 1. The fourth-order valence-electron chi connectivity index (χ4n) is 5.16. The molecule has 7 heteroatoms. The zero-order valence-electron chi connectivity index (χ0n) is 18.6. The van der Waals surface area contributed by atoms with Gasteiger partial charge in [0.25, 0.3) is 0 Å². The summed E-state index contributed by atoms with van der Waals surface area (Å²) in [5, 5.41) is 4.49. The predicted octanol–water partition coefficient (Wildman–Crippen LogP) is 4.24. The third kappa shape index (κ3) is 4.56. The largest absolute Gasteiger partial charge is 0.376 e. The zero-order valence-corrected chi connectivity index (χ0v) is 18.6. The number of nitrogens with one attached hydrogen (secondary N) is 2. The molecule has 0 amide bonds. The van der Waals surface area contributed by atoms with Crippen molar-refractivity contribution < 1.29 is 4.79 Å². The highest BCUT2D eigenvalue weighted by atomic mass is 16.1. The lowest BCUT2D eigenvalue weighted by atomic mass is 9.92. The molecule has 2 aliphatic heterocycles. The maximum atomic E-state index is 12.9. The molecule has 2 fully saturated rings. The molecule has 7 nitrogen and oxygen atoms in total.